The monoisotopic (exact) mass is 470 g/mol. The number of aliphatic hydroxyl groups is 1. The Labute approximate surface area is 214 Å². The molecule has 0 unspecified atom stereocenters. The number of hydrogen-bond donors (Lipinski definition) is 1. The molecule has 0 aliphatic rings. The van der Waals surface area contributed by atoms with E-state index in [4.69, 9.17) is 5.11 Å². The van der Waals surface area contributed by atoms with E-state index in [0.29, 0.717) is 0 Å². The van der Waals surface area contributed by atoms with Crippen LogP contribution in [0.4, 0.5) is 0 Å². The number of benzene rings is 3. The van der Waals surface area contributed by atoms with Crippen LogP contribution < -0.4 is 0 Å². The van der Waals surface area contributed by atoms with Gasteiger partial charge in [-0.2, -0.15) is 0 Å². The molecule has 0 atom stereocenters. The minimum atomic E-state index is 0.287. The van der Waals surface area contributed by atoms with Gasteiger partial charge in [-0.3, -0.25) is 0 Å². The fraction of sp³-hybridized carbons (Fsp3) is 0.471. The largest absolute Gasteiger partial charge is 0.396 e. The Kier molecular flexibility index (Phi) is 11.6. The van der Waals surface area contributed by atoms with Crippen LogP contribution in [0.25, 0.3) is 11.1 Å². The van der Waals surface area contributed by atoms with Gasteiger partial charge in [0.25, 0.3) is 0 Å². The highest BCUT2D eigenvalue weighted by molar-refractivity contribution is 5.71. The number of aliphatic hydroxyl groups excluding tert-OH is 1. The van der Waals surface area contributed by atoms with Gasteiger partial charge >= 0.3 is 0 Å². The molecule has 1 heteroatoms. The summed E-state index contributed by atoms with van der Waals surface area (Å²) in [5.74, 6) is 0. The lowest BCUT2D eigenvalue weighted by Gasteiger charge is -2.16. The first-order valence-electron chi connectivity index (χ1n) is 14.1. The second-order valence-corrected chi connectivity index (χ2v) is 10.00. The van der Waals surface area contributed by atoms with Crippen molar-refractivity contribution in [3.8, 4) is 11.1 Å². The van der Waals surface area contributed by atoms with Gasteiger partial charge in [-0.25, -0.2) is 0 Å². The second kappa shape index (κ2) is 14.9. The lowest BCUT2D eigenvalue weighted by molar-refractivity contribution is 0.284. The van der Waals surface area contributed by atoms with Gasteiger partial charge in [0.15, 0.2) is 0 Å². The van der Waals surface area contributed by atoms with Crippen LogP contribution in [0.3, 0.4) is 0 Å². The van der Waals surface area contributed by atoms with Crippen LogP contribution in [0.5, 0.6) is 0 Å². The summed E-state index contributed by atoms with van der Waals surface area (Å²) in [7, 11) is 0. The van der Waals surface area contributed by atoms with Crippen molar-refractivity contribution in [3.63, 3.8) is 0 Å². The standard InChI is InChI=1S/C34H46O/c1-4-7-8-9-12-27-14-16-28(17-15-27)18-19-30-21-23-34(32(6-3)26-30)33-22-20-29(13-10-11-24-35)25-31(33)5-2/h14-17,20-23,25-26,35H,4-13,18-19,24H2,1-3H3. The molecule has 0 bridgehead atoms. The highest BCUT2D eigenvalue weighted by atomic mass is 16.2. The molecule has 0 spiro atoms. The quantitative estimate of drug-likeness (QED) is 0.220. The van der Waals surface area contributed by atoms with Gasteiger partial charge in [0.05, 0.1) is 0 Å². The van der Waals surface area contributed by atoms with E-state index in [1.165, 1.54) is 76.6 Å². The molecule has 0 aromatic heterocycles. The third-order valence-electron chi connectivity index (χ3n) is 7.31. The smallest absolute Gasteiger partial charge is 0.0431 e. The first-order valence-corrected chi connectivity index (χ1v) is 14.1. The molecule has 0 heterocycles. The van der Waals surface area contributed by atoms with E-state index in [0.717, 1.165) is 44.9 Å². The summed E-state index contributed by atoms with van der Waals surface area (Å²) in [5, 5.41) is 9.08. The zero-order chi connectivity index (χ0) is 24.9. The molecule has 3 aromatic carbocycles. The normalized spacial score (nSPS) is 11.2. The van der Waals surface area contributed by atoms with Gasteiger partial charge < -0.3 is 5.11 Å². The molecule has 0 saturated carbocycles. The summed E-state index contributed by atoms with van der Waals surface area (Å²) in [6, 6.07) is 23.5. The van der Waals surface area contributed by atoms with Crippen molar-refractivity contribution in [1.82, 2.24) is 0 Å². The Hall–Kier alpha value is -2.38. The first kappa shape index (κ1) is 27.2. The molecule has 0 radical (unpaired) electrons. The fourth-order valence-electron chi connectivity index (χ4n) is 5.07. The SMILES string of the molecule is CCCCCCc1ccc(CCc2ccc(-c3ccc(CCCCO)cc3CC)c(CC)c2)cc1. The van der Waals surface area contributed by atoms with Crippen LogP contribution in [0, 0.1) is 0 Å². The van der Waals surface area contributed by atoms with E-state index in [9.17, 15) is 0 Å². The maximum Gasteiger partial charge on any atom is 0.0431 e. The van der Waals surface area contributed by atoms with Crippen molar-refractivity contribution < 1.29 is 5.11 Å². The maximum atomic E-state index is 9.08. The average Bonchev–Trinajstić information content (AvgIpc) is 2.90. The molecular weight excluding hydrogens is 424 g/mol. The molecule has 0 saturated heterocycles. The highest BCUT2D eigenvalue weighted by Gasteiger charge is 2.10. The summed E-state index contributed by atoms with van der Waals surface area (Å²) in [5.41, 5.74) is 11.4. The topological polar surface area (TPSA) is 20.2 Å². The van der Waals surface area contributed by atoms with E-state index in [1.54, 1.807) is 0 Å². The highest BCUT2D eigenvalue weighted by Crippen LogP contribution is 2.30. The lowest BCUT2D eigenvalue weighted by Crippen LogP contribution is -1.98. The Morgan fingerprint density at radius 3 is 1.49 bits per heavy atom. The van der Waals surface area contributed by atoms with Gasteiger partial charge in [-0.05, 0) is 102 Å². The molecule has 0 aliphatic heterocycles. The van der Waals surface area contributed by atoms with Crippen LogP contribution in [-0.4, -0.2) is 11.7 Å². The van der Waals surface area contributed by atoms with Crippen molar-refractivity contribution in [1.29, 1.82) is 0 Å². The van der Waals surface area contributed by atoms with Gasteiger partial charge in [0.2, 0.25) is 0 Å². The number of hydrogen-bond acceptors (Lipinski definition) is 1. The summed E-state index contributed by atoms with van der Waals surface area (Å²) in [6.45, 7) is 7.09. The van der Waals surface area contributed by atoms with Crippen LogP contribution in [0.2, 0.25) is 0 Å². The van der Waals surface area contributed by atoms with Crippen LogP contribution in [0.1, 0.15) is 92.7 Å². The summed E-state index contributed by atoms with van der Waals surface area (Å²) in [4.78, 5) is 0. The molecule has 1 nitrogen and oxygen atoms in total. The predicted octanol–water partition coefficient (Wildman–Crippen LogP) is 8.70. The molecule has 0 amide bonds. The molecule has 3 rings (SSSR count). The van der Waals surface area contributed by atoms with E-state index >= 15 is 0 Å². The molecule has 3 aromatic rings. The zero-order valence-corrected chi connectivity index (χ0v) is 22.4. The Morgan fingerprint density at radius 1 is 0.486 bits per heavy atom. The van der Waals surface area contributed by atoms with Crippen LogP contribution >= 0.6 is 0 Å². The number of aryl methyl sites for hydroxylation is 6. The second-order valence-electron chi connectivity index (χ2n) is 10.00. The van der Waals surface area contributed by atoms with Crippen molar-refractivity contribution in [2.24, 2.45) is 0 Å². The number of unbranched alkanes of at least 4 members (excludes halogenated alkanes) is 4. The summed E-state index contributed by atoms with van der Waals surface area (Å²) >= 11 is 0. The molecule has 1 N–H and O–H groups in total. The predicted molar refractivity (Wildman–Crippen MR) is 152 cm³/mol. The molecule has 0 fully saturated rings. The van der Waals surface area contributed by atoms with Crippen molar-refractivity contribution in [2.45, 2.75) is 97.8 Å². The summed E-state index contributed by atoms with van der Waals surface area (Å²) < 4.78 is 0. The average molecular weight is 471 g/mol. The Bertz CT molecular complexity index is 1020. The minimum absolute atomic E-state index is 0.287. The van der Waals surface area contributed by atoms with Gasteiger partial charge in [0.1, 0.15) is 0 Å². The minimum Gasteiger partial charge on any atom is -0.396 e. The Morgan fingerprint density at radius 2 is 0.943 bits per heavy atom. The van der Waals surface area contributed by atoms with Gasteiger partial charge in [0, 0.05) is 6.61 Å². The van der Waals surface area contributed by atoms with Gasteiger partial charge in [-0.1, -0.05) is 101 Å². The fourth-order valence-corrected chi connectivity index (χ4v) is 5.07. The maximum absolute atomic E-state index is 9.08. The summed E-state index contributed by atoms with van der Waals surface area (Å²) in [6.07, 6.45) is 13.8. The van der Waals surface area contributed by atoms with E-state index in [1.807, 2.05) is 0 Å². The van der Waals surface area contributed by atoms with E-state index < -0.39 is 0 Å². The Balaban J connectivity index is 1.65. The van der Waals surface area contributed by atoms with Crippen LogP contribution in [0.15, 0.2) is 60.7 Å². The van der Waals surface area contributed by atoms with Crippen molar-refractivity contribution >= 4 is 0 Å². The number of rotatable bonds is 15. The third kappa shape index (κ3) is 8.36. The van der Waals surface area contributed by atoms with E-state index in [-0.39, 0.29) is 6.61 Å². The molecule has 0 aliphatic carbocycles. The molecule has 35 heavy (non-hydrogen) atoms. The van der Waals surface area contributed by atoms with Gasteiger partial charge in [-0.15, -0.1) is 0 Å². The lowest BCUT2D eigenvalue weighted by atomic mass is 9.89. The van der Waals surface area contributed by atoms with Crippen LogP contribution in [-0.2, 0) is 38.5 Å². The molecule has 188 valence electrons. The third-order valence-corrected chi connectivity index (χ3v) is 7.31. The first-order chi connectivity index (χ1) is 17.2. The van der Waals surface area contributed by atoms with Crippen molar-refractivity contribution in [2.75, 3.05) is 6.61 Å². The van der Waals surface area contributed by atoms with Crippen molar-refractivity contribution in [3.05, 3.63) is 94.0 Å². The van der Waals surface area contributed by atoms with E-state index in [2.05, 4.69) is 81.4 Å². The zero-order valence-electron chi connectivity index (χ0n) is 22.4. The molecular formula is C34H46O.